The minimum Gasteiger partial charge on any atom is -0.392 e. The average molecular weight is 265 g/mol. The lowest BCUT2D eigenvalue weighted by molar-refractivity contribution is 0.324. The molecule has 1 aromatic heterocycles. The molecule has 0 atom stereocenters. The highest BCUT2D eigenvalue weighted by Crippen LogP contribution is 2.32. The quantitative estimate of drug-likeness (QED) is 0.794. The number of hydrogen-bond acceptors (Lipinski definition) is 3. The van der Waals surface area contributed by atoms with Gasteiger partial charge in [0.2, 0.25) is 0 Å². The third-order valence-corrected chi connectivity index (χ3v) is 3.57. The molecule has 0 aliphatic carbocycles. The molecule has 0 unspecified atom stereocenters. The van der Waals surface area contributed by atoms with Gasteiger partial charge in [-0.2, -0.15) is 0 Å². The van der Waals surface area contributed by atoms with Crippen LogP contribution in [-0.4, -0.2) is 21.3 Å². The summed E-state index contributed by atoms with van der Waals surface area (Å²) in [7, 11) is 0. The first-order valence-electron chi connectivity index (χ1n) is 5.38. The first-order valence-corrected chi connectivity index (χ1v) is 5.76. The summed E-state index contributed by atoms with van der Waals surface area (Å²) in [6, 6.07) is 5.07. The van der Waals surface area contributed by atoms with Gasteiger partial charge in [0.25, 0.3) is 5.56 Å². The van der Waals surface area contributed by atoms with Gasteiger partial charge in [-0.05, 0) is 11.6 Å². The predicted octanol–water partition coefficient (Wildman–Crippen LogP) is 0.646. The van der Waals surface area contributed by atoms with E-state index >= 15 is 0 Å². The van der Waals surface area contributed by atoms with E-state index in [0.717, 1.165) is 0 Å². The highest BCUT2D eigenvalue weighted by molar-refractivity contribution is 6.50. The summed E-state index contributed by atoms with van der Waals surface area (Å²) in [5.74, 6) is 0. The Bertz CT molecular complexity index is 801. The van der Waals surface area contributed by atoms with Crippen molar-refractivity contribution in [1.29, 1.82) is 0 Å². The average Bonchev–Trinajstić information content (AvgIpc) is 2.37. The first-order chi connectivity index (χ1) is 8.63. The molecular weight excluding hydrogens is 256 g/mol. The van der Waals surface area contributed by atoms with Gasteiger partial charge in [-0.3, -0.25) is 14.3 Å². The number of aliphatic hydroxyl groups is 1. The second-order valence-electron chi connectivity index (χ2n) is 4.12. The number of nitrogens with zero attached hydrogens (tertiary/aromatic N) is 1. The van der Waals surface area contributed by atoms with Gasteiger partial charge in [0, 0.05) is 5.56 Å². The Morgan fingerprint density at radius 3 is 2.89 bits per heavy atom. The molecule has 18 heavy (non-hydrogen) atoms. The monoisotopic (exact) mass is 264 g/mol. The van der Waals surface area contributed by atoms with E-state index in [4.69, 9.17) is 11.6 Å². The Morgan fingerprint density at radius 2 is 2.17 bits per heavy atom. The lowest BCUT2D eigenvalue weighted by atomic mass is 10.0. The molecule has 0 bridgehead atoms. The van der Waals surface area contributed by atoms with Crippen molar-refractivity contribution in [3.8, 4) is 0 Å². The van der Waals surface area contributed by atoms with Crippen molar-refractivity contribution in [2.24, 2.45) is 0 Å². The SMILES string of the molecule is O=c1[nH]c(=O)n2c3c(cccc13)C(Cl)=C(CO)C2. The molecule has 5 nitrogen and oxygen atoms in total. The Kier molecular flexibility index (Phi) is 2.39. The number of H-pyrrole nitrogens is 1. The number of rotatable bonds is 1. The second-order valence-corrected chi connectivity index (χ2v) is 4.50. The lowest BCUT2D eigenvalue weighted by Crippen LogP contribution is -2.33. The molecule has 92 valence electrons. The van der Waals surface area contributed by atoms with Crippen molar-refractivity contribution in [3.63, 3.8) is 0 Å². The Hall–Kier alpha value is -1.85. The minimum absolute atomic E-state index is 0.193. The van der Waals surface area contributed by atoms with Crippen LogP contribution in [0.25, 0.3) is 15.9 Å². The summed E-state index contributed by atoms with van der Waals surface area (Å²) in [6.07, 6.45) is 0. The number of nitrogens with one attached hydrogen (secondary N) is 1. The zero-order valence-corrected chi connectivity index (χ0v) is 9.99. The van der Waals surface area contributed by atoms with Gasteiger partial charge in [0.05, 0.1) is 29.1 Å². The maximum absolute atomic E-state index is 11.8. The molecule has 1 aliphatic heterocycles. The van der Waals surface area contributed by atoms with Crippen molar-refractivity contribution in [3.05, 3.63) is 50.2 Å². The van der Waals surface area contributed by atoms with Crippen molar-refractivity contribution >= 4 is 27.5 Å². The van der Waals surface area contributed by atoms with Crippen LogP contribution in [0.2, 0.25) is 0 Å². The third kappa shape index (κ3) is 1.38. The van der Waals surface area contributed by atoms with Crippen LogP contribution < -0.4 is 11.2 Å². The number of benzene rings is 1. The standard InChI is InChI=1S/C12H9ClN2O3/c13-9-6(5-16)4-15-10-7(9)2-1-3-8(10)11(17)14-12(15)18/h1-3,16H,4-5H2,(H,14,17,18). The number of halogens is 1. The smallest absolute Gasteiger partial charge is 0.329 e. The zero-order valence-electron chi connectivity index (χ0n) is 9.24. The zero-order chi connectivity index (χ0) is 12.9. The summed E-state index contributed by atoms with van der Waals surface area (Å²) in [6.45, 7) is -0.0291. The van der Waals surface area contributed by atoms with Gasteiger partial charge < -0.3 is 5.11 Å². The van der Waals surface area contributed by atoms with Crippen LogP contribution in [0.3, 0.4) is 0 Å². The van der Waals surface area contributed by atoms with Gasteiger partial charge in [-0.25, -0.2) is 4.79 Å². The molecule has 0 fully saturated rings. The Labute approximate surface area is 106 Å². The number of aromatic amines is 1. The molecule has 1 aliphatic rings. The molecule has 0 amide bonds. The van der Waals surface area contributed by atoms with E-state index in [1.165, 1.54) is 4.57 Å². The summed E-state index contributed by atoms with van der Waals surface area (Å²) >= 11 is 6.18. The molecule has 2 aromatic rings. The van der Waals surface area contributed by atoms with Gasteiger partial charge >= 0.3 is 5.69 Å². The molecule has 0 spiro atoms. The Balaban J connectivity index is 2.57. The largest absolute Gasteiger partial charge is 0.392 e. The predicted molar refractivity (Wildman–Crippen MR) is 68.7 cm³/mol. The van der Waals surface area contributed by atoms with E-state index in [1.54, 1.807) is 18.2 Å². The minimum atomic E-state index is -0.491. The van der Waals surface area contributed by atoms with E-state index in [2.05, 4.69) is 4.98 Å². The van der Waals surface area contributed by atoms with E-state index in [1.807, 2.05) is 0 Å². The van der Waals surface area contributed by atoms with Crippen molar-refractivity contribution < 1.29 is 5.11 Å². The van der Waals surface area contributed by atoms with Crippen molar-refractivity contribution in [1.82, 2.24) is 9.55 Å². The van der Waals surface area contributed by atoms with E-state index in [9.17, 15) is 14.7 Å². The maximum atomic E-state index is 11.8. The highest BCUT2D eigenvalue weighted by Gasteiger charge is 2.21. The number of aromatic nitrogens is 2. The Morgan fingerprint density at radius 1 is 1.39 bits per heavy atom. The fourth-order valence-corrected chi connectivity index (χ4v) is 2.52. The summed E-state index contributed by atoms with van der Waals surface area (Å²) in [5, 5.41) is 10.1. The van der Waals surface area contributed by atoms with Crippen LogP contribution in [0.5, 0.6) is 0 Å². The van der Waals surface area contributed by atoms with Gasteiger partial charge in [0.1, 0.15) is 0 Å². The molecule has 0 saturated heterocycles. The highest BCUT2D eigenvalue weighted by atomic mass is 35.5. The molecule has 3 rings (SSSR count). The van der Waals surface area contributed by atoms with Crippen LogP contribution in [0.4, 0.5) is 0 Å². The van der Waals surface area contributed by atoms with Gasteiger partial charge in [0.15, 0.2) is 0 Å². The maximum Gasteiger partial charge on any atom is 0.329 e. The lowest BCUT2D eigenvalue weighted by Gasteiger charge is -2.20. The second kappa shape index (κ2) is 3.83. The van der Waals surface area contributed by atoms with E-state index in [-0.39, 0.29) is 13.2 Å². The molecule has 2 heterocycles. The van der Waals surface area contributed by atoms with Crippen molar-refractivity contribution in [2.75, 3.05) is 6.61 Å². The summed E-state index contributed by atoms with van der Waals surface area (Å²) < 4.78 is 1.42. The molecule has 0 radical (unpaired) electrons. The summed E-state index contributed by atoms with van der Waals surface area (Å²) in [4.78, 5) is 25.8. The van der Waals surface area contributed by atoms with Gasteiger partial charge in [-0.1, -0.05) is 23.7 Å². The van der Waals surface area contributed by atoms with Gasteiger partial charge in [-0.15, -0.1) is 0 Å². The van der Waals surface area contributed by atoms with Crippen LogP contribution in [0.1, 0.15) is 5.56 Å². The van der Waals surface area contributed by atoms with Crippen LogP contribution >= 0.6 is 11.6 Å². The molecule has 1 aromatic carbocycles. The number of para-hydroxylation sites is 1. The first kappa shape index (κ1) is 11.3. The molecule has 6 heteroatoms. The van der Waals surface area contributed by atoms with Crippen LogP contribution in [-0.2, 0) is 6.54 Å². The van der Waals surface area contributed by atoms with Crippen LogP contribution in [0.15, 0.2) is 33.4 Å². The van der Waals surface area contributed by atoms with Crippen molar-refractivity contribution in [2.45, 2.75) is 6.54 Å². The number of aliphatic hydroxyl groups excluding tert-OH is 1. The topological polar surface area (TPSA) is 75.1 Å². The summed E-state index contributed by atoms with van der Waals surface area (Å²) in [5.41, 5.74) is 0.770. The van der Waals surface area contributed by atoms with E-state index in [0.29, 0.717) is 27.1 Å². The fraction of sp³-hybridized carbons (Fsp3) is 0.167. The molecule has 0 saturated carbocycles. The van der Waals surface area contributed by atoms with E-state index < -0.39 is 11.2 Å². The number of hydrogen-bond donors (Lipinski definition) is 2. The molecular formula is C12H9ClN2O3. The molecule has 2 N–H and O–H groups in total. The fourth-order valence-electron chi connectivity index (χ4n) is 2.25. The normalized spacial score (nSPS) is 14.3. The van der Waals surface area contributed by atoms with Crippen LogP contribution in [0, 0.1) is 0 Å². The third-order valence-electron chi connectivity index (χ3n) is 3.10.